The number of hydrogen-bond acceptors (Lipinski definition) is 4. The van der Waals surface area contributed by atoms with E-state index in [1.54, 1.807) is 0 Å². The number of rotatable bonds is 6. The van der Waals surface area contributed by atoms with Crippen LogP contribution < -0.4 is 5.32 Å². The fourth-order valence-corrected chi connectivity index (χ4v) is 3.76. The SMILES string of the molecule is CCC(C)(C(CC1CCOCC1)NC)N1CCOCC1. The van der Waals surface area contributed by atoms with Gasteiger partial charge in [0.05, 0.1) is 13.2 Å². The molecular formula is C16H32N2O2. The third-order valence-corrected chi connectivity index (χ3v) is 5.46. The Morgan fingerprint density at radius 1 is 1.15 bits per heavy atom. The van der Waals surface area contributed by atoms with Crippen LogP contribution in [0.1, 0.15) is 39.5 Å². The van der Waals surface area contributed by atoms with Gasteiger partial charge >= 0.3 is 0 Å². The normalized spacial score (nSPS) is 27.1. The second kappa shape index (κ2) is 7.74. The maximum Gasteiger partial charge on any atom is 0.0594 e. The van der Waals surface area contributed by atoms with Gasteiger partial charge in [-0.3, -0.25) is 4.90 Å². The third kappa shape index (κ3) is 3.73. The standard InChI is InChI=1S/C16H32N2O2/c1-4-16(2,18-7-11-20-12-8-18)15(17-3)13-14-5-9-19-10-6-14/h14-15,17H,4-13H2,1-3H3. The van der Waals surface area contributed by atoms with Gasteiger partial charge in [0.2, 0.25) is 0 Å². The second-order valence-corrected chi connectivity index (χ2v) is 6.44. The Labute approximate surface area is 124 Å². The molecule has 2 fully saturated rings. The summed E-state index contributed by atoms with van der Waals surface area (Å²) in [5.74, 6) is 0.813. The summed E-state index contributed by atoms with van der Waals surface area (Å²) < 4.78 is 11.0. The highest BCUT2D eigenvalue weighted by Gasteiger charge is 2.39. The molecule has 0 aliphatic carbocycles. The van der Waals surface area contributed by atoms with E-state index in [-0.39, 0.29) is 5.54 Å². The van der Waals surface area contributed by atoms with Crippen molar-refractivity contribution in [3.63, 3.8) is 0 Å². The molecule has 2 saturated heterocycles. The molecular weight excluding hydrogens is 252 g/mol. The lowest BCUT2D eigenvalue weighted by Gasteiger charge is -2.48. The summed E-state index contributed by atoms with van der Waals surface area (Å²) in [6.45, 7) is 10.5. The Kier molecular flexibility index (Phi) is 6.27. The number of nitrogens with zero attached hydrogens (tertiary/aromatic N) is 1. The van der Waals surface area contributed by atoms with Gasteiger partial charge in [-0.2, -0.15) is 0 Å². The molecule has 1 N–H and O–H groups in total. The minimum absolute atomic E-state index is 0.233. The zero-order chi connectivity index (χ0) is 14.4. The molecule has 20 heavy (non-hydrogen) atoms. The van der Waals surface area contributed by atoms with Crippen molar-refractivity contribution in [2.45, 2.75) is 51.1 Å². The summed E-state index contributed by atoms with van der Waals surface area (Å²) in [6, 6.07) is 0.550. The number of ether oxygens (including phenoxy) is 2. The van der Waals surface area contributed by atoms with Gasteiger partial charge in [-0.15, -0.1) is 0 Å². The molecule has 2 unspecified atom stereocenters. The Hall–Kier alpha value is -0.160. The van der Waals surface area contributed by atoms with Crippen LogP contribution in [0, 0.1) is 5.92 Å². The lowest BCUT2D eigenvalue weighted by Crippen LogP contribution is -2.61. The molecule has 2 atom stereocenters. The van der Waals surface area contributed by atoms with E-state index in [2.05, 4.69) is 31.1 Å². The van der Waals surface area contributed by atoms with E-state index in [0.29, 0.717) is 6.04 Å². The van der Waals surface area contributed by atoms with Crippen LogP contribution in [0.3, 0.4) is 0 Å². The van der Waals surface area contributed by atoms with Crippen LogP contribution in [-0.4, -0.2) is 63.0 Å². The molecule has 0 aromatic heterocycles. The summed E-state index contributed by atoms with van der Waals surface area (Å²) >= 11 is 0. The molecule has 0 bridgehead atoms. The molecule has 118 valence electrons. The molecule has 0 saturated carbocycles. The lowest BCUT2D eigenvalue weighted by atomic mass is 9.80. The maximum atomic E-state index is 5.52. The monoisotopic (exact) mass is 284 g/mol. The predicted molar refractivity (Wildman–Crippen MR) is 82.1 cm³/mol. The fourth-order valence-electron chi connectivity index (χ4n) is 3.76. The molecule has 4 heteroatoms. The highest BCUT2D eigenvalue weighted by Crippen LogP contribution is 2.31. The minimum Gasteiger partial charge on any atom is -0.381 e. The van der Waals surface area contributed by atoms with Gasteiger partial charge in [-0.05, 0) is 45.6 Å². The van der Waals surface area contributed by atoms with Gasteiger partial charge in [0.15, 0.2) is 0 Å². The molecule has 4 nitrogen and oxygen atoms in total. The summed E-state index contributed by atoms with van der Waals surface area (Å²) in [4.78, 5) is 2.64. The van der Waals surface area contributed by atoms with Crippen LogP contribution in [0.5, 0.6) is 0 Å². The predicted octanol–water partition coefficient (Wildman–Crippen LogP) is 1.89. The average molecular weight is 284 g/mol. The van der Waals surface area contributed by atoms with Crippen molar-refractivity contribution in [1.82, 2.24) is 10.2 Å². The average Bonchev–Trinajstić information content (AvgIpc) is 2.53. The fraction of sp³-hybridized carbons (Fsp3) is 1.00. The minimum atomic E-state index is 0.233. The van der Waals surface area contributed by atoms with E-state index in [0.717, 1.165) is 45.4 Å². The van der Waals surface area contributed by atoms with Crippen LogP contribution >= 0.6 is 0 Å². The first-order valence-electron chi connectivity index (χ1n) is 8.28. The van der Waals surface area contributed by atoms with E-state index < -0.39 is 0 Å². The van der Waals surface area contributed by atoms with E-state index in [9.17, 15) is 0 Å². The highest BCUT2D eigenvalue weighted by atomic mass is 16.5. The Morgan fingerprint density at radius 2 is 1.75 bits per heavy atom. The number of hydrogen-bond donors (Lipinski definition) is 1. The van der Waals surface area contributed by atoms with E-state index in [4.69, 9.17) is 9.47 Å². The summed E-state index contributed by atoms with van der Waals surface area (Å²) in [6.07, 6.45) is 4.89. The van der Waals surface area contributed by atoms with Crippen LogP contribution in [0.2, 0.25) is 0 Å². The summed E-state index contributed by atoms with van der Waals surface area (Å²) in [7, 11) is 2.12. The molecule has 2 rings (SSSR count). The largest absolute Gasteiger partial charge is 0.381 e. The maximum absolute atomic E-state index is 5.52. The number of nitrogens with one attached hydrogen (secondary N) is 1. The molecule has 2 aliphatic heterocycles. The highest BCUT2D eigenvalue weighted by molar-refractivity contribution is 4.97. The summed E-state index contributed by atoms with van der Waals surface area (Å²) in [5.41, 5.74) is 0.233. The zero-order valence-electron chi connectivity index (χ0n) is 13.5. The van der Waals surface area contributed by atoms with Gasteiger partial charge in [-0.1, -0.05) is 6.92 Å². The van der Waals surface area contributed by atoms with Crippen LogP contribution in [0.15, 0.2) is 0 Å². The molecule has 2 aliphatic rings. The van der Waals surface area contributed by atoms with E-state index >= 15 is 0 Å². The van der Waals surface area contributed by atoms with Gasteiger partial charge in [-0.25, -0.2) is 0 Å². The Morgan fingerprint density at radius 3 is 2.30 bits per heavy atom. The van der Waals surface area contributed by atoms with Crippen molar-refractivity contribution in [3.8, 4) is 0 Å². The van der Waals surface area contributed by atoms with Gasteiger partial charge < -0.3 is 14.8 Å². The first-order chi connectivity index (χ1) is 9.70. The third-order valence-electron chi connectivity index (χ3n) is 5.46. The van der Waals surface area contributed by atoms with Crippen molar-refractivity contribution >= 4 is 0 Å². The van der Waals surface area contributed by atoms with Gasteiger partial charge in [0.1, 0.15) is 0 Å². The van der Waals surface area contributed by atoms with Crippen LogP contribution in [0.4, 0.5) is 0 Å². The number of morpholine rings is 1. The topological polar surface area (TPSA) is 33.7 Å². The van der Waals surface area contributed by atoms with Crippen molar-refractivity contribution in [2.24, 2.45) is 5.92 Å². The van der Waals surface area contributed by atoms with Crippen molar-refractivity contribution in [3.05, 3.63) is 0 Å². The molecule has 2 heterocycles. The van der Waals surface area contributed by atoms with Crippen molar-refractivity contribution in [1.29, 1.82) is 0 Å². The zero-order valence-corrected chi connectivity index (χ0v) is 13.5. The smallest absolute Gasteiger partial charge is 0.0594 e. The van der Waals surface area contributed by atoms with E-state index in [1.165, 1.54) is 25.7 Å². The first-order valence-corrected chi connectivity index (χ1v) is 8.28. The van der Waals surface area contributed by atoms with Crippen molar-refractivity contribution in [2.75, 3.05) is 46.6 Å². The van der Waals surface area contributed by atoms with Gasteiger partial charge in [0, 0.05) is 37.9 Å². The Balaban J connectivity index is 2.00. The van der Waals surface area contributed by atoms with Gasteiger partial charge in [0.25, 0.3) is 0 Å². The molecule has 0 aromatic rings. The second-order valence-electron chi connectivity index (χ2n) is 6.44. The molecule has 0 aromatic carbocycles. The number of likely N-dealkylation sites (N-methyl/N-ethyl adjacent to an activating group) is 1. The first kappa shape index (κ1) is 16.2. The quantitative estimate of drug-likeness (QED) is 0.807. The summed E-state index contributed by atoms with van der Waals surface area (Å²) in [5, 5.41) is 3.61. The van der Waals surface area contributed by atoms with E-state index in [1.807, 2.05) is 0 Å². The van der Waals surface area contributed by atoms with Crippen molar-refractivity contribution < 1.29 is 9.47 Å². The molecule has 0 radical (unpaired) electrons. The lowest BCUT2D eigenvalue weighted by molar-refractivity contribution is -0.0374. The Bertz CT molecular complexity index is 276. The van der Waals surface area contributed by atoms with Crippen LogP contribution in [0.25, 0.3) is 0 Å². The molecule has 0 amide bonds. The van der Waals surface area contributed by atoms with Crippen LogP contribution in [-0.2, 0) is 9.47 Å². The molecule has 0 spiro atoms.